The van der Waals surface area contributed by atoms with Crippen LogP contribution in [0.3, 0.4) is 0 Å². The standard InChI is InChI=1S/C36H51N3O3/c1-3-32(41)31-20-36-17-13-8-6-4-5-7-12-16-27-18-28(37-22-26-14-10-9-11-15-26)19-29-30(25(2)40)23-38(35(27)29)24-34(42)39(31)33(36)21-36/h18-19,23,26,31,33,37H,3-17,20-22,24H2,1-2H3/t31-,33+,36-/m0/s1. The van der Waals surface area contributed by atoms with Crippen molar-refractivity contribution in [2.45, 2.75) is 142 Å². The van der Waals surface area contributed by atoms with E-state index in [1.807, 2.05) is 22.6 Å². The van der Waals surface area contributed by atoms with Crippen LogP contribution in [0, 0.1) is 11.3 Å². The Kier molecular flexibility index (Phi) is 8.79. The second-order valence-electron chi connectivity index (χ2n) is 14.0. The zero-order valence-corrected chi connectivity index (χ0v) is 26.0. The van der Waals surface area contributed by atoms with Crippen molar-refractivity contribution >= 4 is 34.1 Å². The fraction of sp³-hybridized carbons (Fsp3) is 0.694. The monoisotopic (exact) mass is 573 g/mol. The van der Waals surface area contributed by atoms with Gasteiger partial charge in [-0.1, -0.05) is 64.7 Å². The van der Waals surface area contributed by atoms with Crippen molar-refractivity contribution in [3.8, 4) is 0 Å². The number of nitrogens with one attached hydrogen (secondary N) is 1. The van der Waals surface area contributed by atoms with E-state index < -0.39 is 0 Å². The highest BCUT2D eigenvalue weighted by Gasteiger charge is 2.65. The van der Waals surface area contributed by atoms with Gasteiger partial charge in [0, 0.05) is 41.8 Å². The first-order valence-electron chi connectivity index (χ1n) is 17.1. The molecule has 6 nitrogen and oxygen atoms in total. The minimum absolute atomic E-state index is 0.0325. The summed E-state index contributed by atoms with van der Waals surface area (Å²) in [5.41, 5.74) is 4.19. The van der Waals surface area contributed by atoms with Crippen LogP contribution in [0.2, 0.25) is 0 Å². The van der Waals surface area contributed by atoms with E-state index in [0.29, 0.717) is 17.9 Å². The number of hydrogen-bond acceptors (Lipinski definition) is 4. The smallest absolute Gasteiger partial charge is 0.243 e. The number of Topliss-reactive ketones (excluding diaryl/α,β-unsaturated/α-hetero) is 2. The zero-order chi connectivity index (χ0) is 29.3. The molecule has 2 aliphatic carbocycles. The third kappa shape index (κ3) is 5.92. The summed E-state index contributed by atoms with van der Waals surface area (Å²) in [7, 11) is 0. The van der Waals surface area contributed by atoms with Crippen LogP contribution in [0.4, 0.5) is 5.69 Å². The molecule has 4 aliphatic rings. The quantitative estimate of drug-likeness (QED) is 0.357. The maximum Gasteiger partial charge on any atom is 0.243 e. The number of aryl methyl sites for hydroxylation is 1. The summed E-state index contributed by atoms with van der Waals surface area (Å²) < 4.78 is 2.04. The first-order valence-corrected chi connectivity index (χ1v) is 17.1. The minimum atomic E-state index is -0.288. The number of hydrogen-bond donors (Lipinski definition) is 1. The number of piperidine rings is 1. The number of aromatic nitrogens is 1. The Balaban J connectivity index is 1.35. The maximum absolute atomic E-state index is 14.1. The predicted octanol–water partition coefficient (Wildman–Crippen LogP) is 7.85. The second kappa shape index (κ2) is 12.5. The molecule has 0 radical (unpaired) electrons. The average Bonchev–Trinajstić information content (AvgIpc) is 3.40. The van der Waals surface area contributed by atoms with E-state index in [2.05, 4.69) is 17.4 Å². The molecular formula is C36H51N3O3. The van der Waals surface area contributed by atoms with Crippen LogP contribution in [0.1, 0.15) is 133 Å². The van der Waals surface area contributed by atoms with Gasteiger partial charge < -0.3 is 14.8 Å². The van der Waals surface area contributed by atoms with E-state index in [0.717, 1.165) is 55.2 Å². The molecule has 2 bridgehead atoms. The highest BCUT2D eigenvalue weighted by molar-refractivity contribution is 6.09. The van der Waals surface area contributed by atoms with Crippen molar-refractivity contribution in [1.29, 1.82) is 0 Å². The van der Waals surface area contributed by atoms with Gasteiger partial charge in [0.15, 0.2) is 11.6 Å². The van der Waals surface area contributed by atoms with Gasteiger partial charge in [-0.05, 0) is 80.9 Å². The van der Waals surface area contributed by atoms with E-state index >= 15 is 0 Å². The molecule has 2 saturated carbocycles. The number of amides is 1. The van der Waals surface area contributed by atoms with Gasteiger partial charge in [0.1, 0.15) is 6.54 Å². The van der Waals surface area contributed by atoms with Crippen molar-refractivity contribution in [2.75, 3.05) is 11.9 Å². The molecule has 228 valence electrons. The van der Waals surface area contributed by atoms with Crippen LogP contribution >= 0.6 is 0 Å². The van der Waals surface area contributed by atoms with Crippen molar-refractivity contribution in [3.63, 3.8) is 0 Å². The lowest BCUT2D eigenvalue weighted by atomic mass is 9.89. The topological polar surface area (TPSA) is 71.4 Å². The minimum Gasteiger partial charge on any atom is -0.385 e. The molecule has 3 atom stereocenters. The molecule has 42 heavy (non-hydrogen) atoms. The predicted molar refractivity (Wildman–Crippen MR) is 169 cm³/mol. The summed E-state index contributed by atoms with van der Waals surface area (Å²) in [4.78, 5) is 42.1. The number of rotatable bonds is 6. The van der Waals surface area contributed by atoms with Crippen molar-refractivity contribution < 1.29 is 14.4 Å². The molecule has 1 amide bonds. The van der Waals surface area contributed by atoms with Gasteiger partial charge in [-0.2, -0.15) is 0 Å². The molecule has 3 fully saturated rings. The Bertz CT molecular complexity index is 1320. The Morgan fingerprint density at radius 3 is 2.40 bits per heavy atom. The summed E-state index contributed by atoms with van der Waals surface area (Å²) in [5.74, 6) is 0.974. The van der Waals surface area contributed by atoms with Gasteiger partial charge in [-0.25, -0.2) is 0 Å². The molecule has 2 aromatic rings. The fourth-order valence-corrected chi connectivity index (χ4v) is 8.65. The molecule has 6 rings (SSSR count). The Morgan fingerprint density at radius 1 is 0.952 bits per heavy atom. The van der Waals surface area contributed by atoms with Gasteiger partial charge in [-0.3, -0.25) is 14.4 Å². The van der Waals surface area contributed by atoms with Crippen LogP contribution < -0.4 is 5.32 Å². The van der Waals surface area contributed by atoms with Crippen LogP contribution in [-0.4, -0.2) is 45.6 Å². The van der Waals surface area contributed by atoms with Crippen molar-refractivity contribution in [2.24, 2.45) is 11.3 Å². The number of nitrogens with zero attached hydrogens (tertiary/aromatic N) is 2. The summed E-state index contributed by atoms with van der Waals surface area (Å²) in [6.07, 6.45) is 21.5. The first-order chi connectivity index (χ1) is 20.4. The third-order valence-electron chi connectivity index (χ3n) is 11.1. The van der Waals surface area contributed by atoms with E-state index in [4.69, 9.17) is 0 Å². The number of ketones is 2. The third-order valence-corrected chi connectivity index (χ3v) is 11.1. The lowest BCUT2D eigenvalue weighted by Gasteiger charge is -2.27. The van der Waals surface area contributed by atoms with Gasteiger partial charge in [0.2, 0.25) is 5.91 Å². The highest BCUT2D eigenvalue weighted by Crippen LogP contribution is 2.62. The SMILES string of the molecule is CCC(=O)[C@@H]1C[C@]23CCCCCCCCCc4cc(NCC5CCCCC5)cc5c(C(C)=O)cn(c45)CC(=O)N1[C@@H]2C3. The normalized spacial score (nSPS) is 27.5. The summed E-state index contributed by atoms with van der Waals surface area (Å²) in [6, 6.07) is 4.34. The summed E-state index contributed by atoms with van der Waals surface area (Å²) >= 11 is 0. The molecule has 1 aromatic heterocycles. The molecule has 0 spiro atoms. The van der Waals surface area contributed by atoms with E-state index in [9.17, 15) is 14.4 Å². The van der Waals surface area contributed by atoms with Crippen LogP contribution in [-0.2, 0) is 22.6 Å². The Hall–Kier alpha value is -2.63. The molecule has 6 heteroatoms. The number of carbonyl (C=O) groups is 3. The van der Waals surface area contributed by atoms with Crippen molar-refractivity contribution in [1.82, 2.24) is 9.47 Å². The molecule has 2 aliphatic heterocycles. The molecule has 0 unspecified atom stereocenters. The highest BCUT2D eigenvalue weighted by atomic mass is 16.2. The Morgan fingerprint density at radius 2 is 1.67 bits per heavy atom. The molecule has 1 aromatic carbocycles. The number of benzene rings is 1. The summed E-state index contributed by atoms with van der Waals surface area (Å²) in [5, 5.41) is 4.70. The van der Waals surface area contributed by atoms with Crippen LogP contribution in [0.15, 0.2) is 18.3 Å². The van der Waals surface area contributed by atoms with E-state index in [-0.39, 0.29) is 41.5 Å². The summed E-state index contributed by atoms with van der Waals surface area (Å²) in [6.45, 7) is 4.72. The molecular weight excluding hydrogens is 522 g/mol. The molecule has 1 N–H and O–H groups in total. The van der Waals surface area contributed by atoms with Crippen LogP contribution in [0.25, 0.3) is 10.9 Å². The van der Waals surface area contributed by atoms with Crippen LogP contribution in [0.5, 0.6) is 0 Å². The largest absolute Gasteiger partial charge is 0.385 e. The lowest BCUT2D eigenvalue weighted by Crippen LogP contribution is -2.44. The van der Waals surface area contributed by atoms with Gasteiger partial charge in [0.25, 0.3) is 0 Å². The van der Waals surface area contributed by atoms with Gasteiger partial charge >= 0.3 is 0 Å². The lowest BCUT2D eigenvalue weighted by molar-refractivity contribution is -0.139. The Labute approximate surface area is 252 Å². The number of anilines is 1. The zero-order valence-electron chi connectivity index (χ0n) is 26.0. The fourth-order valence-electron chi connectivity index (χ4n) is 8.65. The van der Waals surface area contributed by atoms with E-state index in [1.165, 1.54) is 76.2 Å². The second-order valence-corrected chi connectivity index (χ2v) is 14.0. The van der Waals surface area contributed by atoms with E-state index in [1.54, 1.807) is 6.92 Å². The van der Waals surface area contributed by atoms with Gasteiger partial charge in [-0.15, -0.1) is 0 Å². The van der Waals surface area contributed by atoms with Gasteiger partial charge in [0.05, 0.1) is 11.6 Å². The molecule has 1 saturated heterocycles. The average molecular weight is 574 g/mol. The first kappa shape index (κ1) is 29.4. The van der Waals surface area contributed by atoms with Crippen molar-refractivity contribution in [3.05, 3.63) is 29.5 Å². The molecule has 3 heterocycles. The number of carbonyl (C=O) groups excluding carboxylic acids is 3. The maximum atomic E-state index is 14.1.